The quantitative estimate of drug-likeness (QED) is 0.323. The first-order chi connectivity index (χ1) is 6.18. The summed E-state index contributed by atoms with van der Waals surface area (Å²) in [7, 11) is 0. The molecule has 0 aliphatic rings. The number of carbonyl (C=O) groups is 1. The van der Waals surface area contributed by atoms with Crippen molar-refractivity contribution < 1.29 is 9.90 Å². The molecule has 0 saturated carbocycles. The third-order valence-corrected chi connectivity index (χ3v) is 1.38. The van der Waals surface area contributed by atoms with E-state index in [2.05, 4.69) is 30.6 Å². The Labute approximate surface area is 90.1 Å². The van der Waals surface area contributed by atoms with Crippen molar-refractivity contribution in [3.8, 4) is 0 Å². The summed E-state index contributed by atoms with van der Waals surface area (Å²) < 4.78 is 0. The first-order valence-electron chi connectivity index (χ1n) is 4.03. The minimum absolute atomic E-state index is 0.156. The van der Waals surface area contributed by atoms with Crippen molar-refractivity contribution in [3.63, 3.8) is 0 Å². The molecule has 0 aromatic heterocycles. The minimum Gasteiger partial charge on any atom is -0.481 e. The molecule has 0 unspecified atom stereocenters. The lowest BCUT2D eigenvalue weighted by atomic mass is 10.5. The Morgan fingerprint density at radius 2 is 1.92 bits per heavy atom. The zero-order valence-corrected chi connectivity index (χ0v) is 9.36. The molecule has 0 saturated heterocycles. The second kappa shape index (κ2) is 14.6. The maximum atomic E-state index is 9.55. The number of hydrogen-bond acceptors (Lipinski definition) is 5. The summed E-state index contributed by atoms with van der Waals surface area (Å²) in [6.45, 7) is 2.58. The van der Waals surface area contributed by atoms with Crippen molar-refractivity contribution in [2.45, 2.75) is 6.42 Å². The summed E-state index contributed by atoms with van der Waals surface area (Å²) in [5, 5.41) is 10.9. The summed E-state index contributed by atoms with van der Waals surface area (Å²) in [4.78, 5) is 9.55. The summed E-state index contributed by atoms with van der Waals surface area (Å²) in [5.41, 5.74) is 5.18. The number of carboxylic acids is 1. The van der Waals surface area contributed by atoms with E-state index in [4.69, 9.17) is 10.8 Å². The minimum atomic E-state index is -0.787. The number of hydrogen-bond donors (Lipinski definition) is 5. The number of rotatable bonds is 6. The van der Waals surface area contributed by atoms with Crippen molar-refractivity contribution in [3.05, 3.63) is 0 Å². The van der Waals surface area contributed by atoms with Gasteiger partial charge in [-0.05, 0) is 0 Å². The first-order valence-corrected chi connectivity index (χ1v) is 5.29. The Morgan fingerprint density at radius 3 is 2.15 bits per heavy atom. The van der Waals surface area contributed by atoms with E-state index in [1.165, 1.54) is 0 Å². The van der Waals surface area contributed by atoms with Gasteiger partial charge in [0.2, 0.25) is 0 Å². The molecular formula is C7H18N2O2S2. The van der Waals surface area contributed by atoms with Crippen molar-refractivity contribution in [1.29, 1.82) is 0 Å². The van der Waals surface area contributed by atoms with Crippen LogP contribution in [0, 0.1) is 0 Å². The highest BCUT2D eigenvalue weighted by molar-refractivity contribution is 7.80. The Hall–Kier alpha value is 0.0900. The van der Waals surface area contributed by atoms with Gasteiger partial charge < -0.3 is 16.2 Å². The van der Waals surface area contributed by atoms with Crippen LogP contribution in [-0.4, -0.2) is 42.2 Å². The Morgan fingerprint density at radius 1 is 1.31 bits per heavy atom. The predicted octanol–water partition coefficient (Wildman–Crippen LogP) is -0.145. The molecule has 0 aliphatic heterocycles. The summed E-state index contributed by atoms with van der Waals surface area (Å²) in [6.07, 6.45) is 0.156. The van der Waals surface area contributed by atoms with Crippen molar-refractivity contribution in [2.75, 3.05) is 31.1 Å². The molecular weight excluding hydrogens is 208 g/mol. The Kier molecular flexibility index (Phi) is 17.5. The van der Waals surface area contributed by atoms with E-state index in [1.54, 1.807) is 0 Å². The second-order valence-corrected chi connectivity index (χ2v) is 3.02. The molecule has 0 atom stereocenters. The predicted molar refractivity (Wildman–Crippen MR) is 61.9 cm³/mol. The fraction of sp³-hybridized carbons (Fsp3) is 0.857. The van der Waals surface area contributed by atoms with E-state index in [9.17, 15) is 4.79 Å². The lowest BCUT2D eigenvalue weighted by Gasteiger charge is -1.95. The zero-order valence-electron chi connectivity index (χ0n) is 7.57. The van der Waals surface area contributed by atoms with Crippen LogP contribution >= 0.6 is 25.3 Å². The fourth-order valence-electron chi connectivity index (χ4n) is 0.402. The van der Waals surface area contributed by atoms with Gasteiger partial charge >= 0.3 is 5.97 Å². The molecule has 0 aliphatic carbocycles. The smallest absolute Gasteiger partial charge is 0.304 e. The molecule has 0 bridgehead atoms. The molecule has 0 fully saturated rings. The maximum absolute atomic E-state index is 9.55. The van der Waals surface area contributed by atoms with Crippen molar-refractivity contribution in [2.24, 2.45) is 5.73 Å². The highest BCUT2D eigenvalue weighted by Gasteiger charge is 1.88. The Balaban J connectivity index is 0. The average Bonchev–Trinajstić information content (AvgIpc) is 2.06. The maximum Gasteiger partial charge on any atom is 0.304 e. The monoisotopic (exact) mass is 226 g/mol. The lowest BCUT2D eigenvalue weighted by molar-refractivity contribution is -0.136. The third-order valence-electron chi connectivity index (χ3n) is 0.935. The van der Waals surface area contributed by atoms with E-state index >= 15 is 0 Å². The number of aliphatic carboxylic acids is 1. The van der Waals surface area contributed by atoms with Gasteiger partial charge in [0.05, 0.1) is 6.42 Å². The fourth-order valence-corrected chi connectivity index (χ4v) is 0.751. The van der Waals surface area contributed by atoms with Gasteiger partial charge in [-0.3, -0.25) is 4.79 Å². The van der Waals surface area contributed by atoms with E-state index in [0.29, 0.717) is 12.3 Å². The Bertz CT molecular complexity index is 111. The molecule has 0 rings (SSSR count). The van der Waals surface area contributed by atoms with Crippen LogP contribution in [0.1, 0.15) is 6.42 Å². The largest absolute Gasteiger partial charge is 0.481 e. The first kappa shape index (κ1) is 15.6. The lowest BCUT2D eigenvalue weighted by Crippen LogP contribution is -2.23. The normalized spacial score (nSPS) is 8.85. The SMILES string of the molecule is NCCNCCS.O=C(O)CCS. The van der Waals surface area contributed by atoms with Gasteiger partial charge in [0.15, 0.2) is 0 Å². The molecule has 6 heteroatoms. The molecule has 0 amide bonds. The highest BCUT2D eigenvalue weighted by atomic mass is 32.1. The molecule has 13 heavy (non-hydrogen) atoms. The van der Waals surface area contributed by atoms with Crippen LogP contribution in [0.4, 0.5) is 0 Å². The topological polar surface area (TPSA) is 75.3 Å². The van der Waals surface area contributed by atoms with E-state index in [-0.39, 0.29) is 6.42 Å². The van der Waals surface area contributed by atoms with Crippen molar-refractivity contribution >= 4 is 31.2 Å². The number of carboxylic acid groups (broad SMARTS) is 1. The van der Waals surface area contributed by atoms with Crippen LogP contribution in [0.5, 0.6) is 0 Å². The van der Waals surface area contributed by atoms with Crippen LogP contribution in [0.25, 0.3) is 0 Å². The average molecular weight is 226 g/mol. The van der Waals surface area contributed by atoms with Gasteiger partial charge in [-0.25, -0.2) is 0 Å². The van der Waals surface area contributed by atoms with Gasteiger partial charge in [0, 0.05) is 31.1 Å². The number of nitrogens with two attached hydrogens (primary N) is 1. The molecule has 0 radical (unpaired) electrons. The zero-order chi connectivity index (χ0) is 10.5. The third kappa shape index (κ3) is 24.5. The van der Waals surface area contributed by atoms with Crippen LogP contribution in [0.2, 0.25) is 0 Å². The van der Waals surface area contributed by atoms with Gasteiger partial charge in [0.1, 0.15) is 0 Å². The van der Waals surface area contributed by atoms with Gasteiger partial charge in [-0.15, -0.1) is 0 Å². The van der Waals surface area contributed by atoms with Gasteiger partial charge in [-0.2, -0.15) is 25.3 Å². The molecule has 0 aromatic rings. The second-order valence-electron chi connectivity index (χ2n) is 2.13. The van der Waals surface area contributed by atoms with Gasteiger partial charge in [0.25, 0.3) is 0 Å². The van der Waals surface area contributed by atoms with Crippen LogP contribution < -0.4 is 11.1 Å². The van der Waals surface area contributed by atoms with Crippen LogP contribution in [0.3, 0.4) is 0 Å². The standard InChI is InChI=1S/C4H12N2S.C3H6O2S/c5-1-2-6-3-4-7;4-3(5)1-2-6/h6-7H,1-5H2;6H,1-2H2,(H,4,5). The molecule has 0 spiro atoms. The molecule has 0 aromatic carbocycles. The molecule has 80 valence electrons. The van der Waals surface area contributed by atoms with E-state index in [0.717, 1.165) is 18.8 Å². The number of nitrogens with one attached hydrogen (secondary N) is 1. The van der Waals surface area contributed by atoms with E-state index < -0.39 is 5.97 Å². The van der Waals surface area contributed by atoms with E-state index in [1.807, 2.05) is 0 Å². The van der Waals surface area contributed by atoms with Crippen LogP contribution in [0.15, 0.2) is 0 Å². The highest BCUT2D eigenvalue weighted by Crippen LogP contribution is 1.79. The molecule has 0 heterocycles. The summed E-state index contributed by atoms with van der Waals surface area (Å²) >= 11 is 7.67. The van der Waals surface area contributed by atoms with Crippen LogP contribution in [-0.2, 0) is 4.79 Å². The molecule has 4 N–H and O–H groups in total. The van der Waals surface area contributed by atoms with Crippen molar-refractivity contribution in [1.82, 2.24) is 5.32 Å². The summed E-state index contributed by atoms with van der Waals surface area (Å²) in [6, 6.07) is 0. The molecule has 4 nitrogen and oxygen atoms in total. The van der Waals surface area contributed by atoms with Gasteiger partial charge in [-0.1, -0.05) is 0 Å². The number of thiol groups is 2. The summed E-state index contributed by atoms with van der Waals surface area (Å²) in [5.74, 6) is 0.528.